The third-order valence-corrected chi connectivity index (χ3v) is 4.32. The van der Waals surface area contributed by atoms with Crippen molar-refractivity contribution in [3.63, 3.8) is 0 Å². The predicted molar refractivity (Wildman–Crippen MR) is 110 cm³/mol. The summed E-state index contributed by atoms with van der Waals surface area (Å²) in [4.78, 5) is 9.43. The van der Waals surface area contributed by atoms with Gasteiger partial charge >= 0.3 is 0 Å². The first-order valence-corrected chi connectivity index (χ1v) is 8.83. The van der Waals surface area contributed by atoms with Crippen LogP contribution in [0.15, 0.2) is 84.1 Å². The van der Waals surface area contributed by atoms with Gasteiger partial charge in [0.1, 0.15) is 11.5 Å². The van der Waals surface area contributed by atoms with E-state index in [2.05, 4.69) is 10.3 Å². The molecule has 4 aromatic rings. The standard InChI is InChI=1S/C22H20N4O2/c1-27-19-10-6-16(7-11-19)24-21-22(25-17-8-12-20(28-2)13-9-17)26-14-4-3-5-18(26)15-23-21/h3-15H,1-2H3,(H,23,24). The van der Waals surface area contributed by atoms with E-state index < -0.39 is 0 Å². The van der Waals surface area contributed by atoms with Crippen LogP contribution in [0.1, 0.15) is 0 Å². The van der Waals surface area contributed by atoms with Crippen LogP contribution in [-0.2, 0) is 0 Å². The van der Waals surface area contributed by atoms with E-state index in [4.69, 9.17) is 14.5 Å². The van der Waals surface area contributed by atoms with E-state index in [1.54, 1.807) is 14.2 Å². The van der Waals surface area contributed by atoms with Gasteiger partial charge in [0.15, 0.2) is 11.3 Å². The molecule has 0 aliphatic rings. The zero-order valence-electron chi connectivity index (χ0n) is 15.7. The van der Waals surface area contributed by atoms with Crippen LogP contribution in [0.5, 0.6) is 11.5 Å². The van der Waals surface area contributed by atoms with E-state index in [1.165, 1.54) is 0 Å². The van der Waals surface area contributed by atoms with Gasteiger partial charge in [-0.25, -0.2) is 9.98 Å². The van der Waals surface area contributed by atoms with Gasteiger partial charge in [-0.3, -0.25) is 4.40 Å². The van der Waals surface area contributed by atoms with Gasteiger partial charge < -0.3 is 14.8 Å². The lowest BCUT2D eigenvalue weighted by atomic mass is 10.3. The molecule has 6 heteroatoms. The number of benzene rings is 2. The first-order valence-electron chi connectivity index (χ1n) is 8.83. The number of nitrogens with zero attached hydrogens (tertiary/aromatic N) is 3. The fourth-order valence-corrected chi connectivity index (χ4v) is 2.84. The highest BCUT2D eigenvalue weighted by atomic mass is 16.5. The summed E-state index contributed by atoms with van der Waals surface area (Å²) in [6.07, 6.45) is 3.79. The molecule has 2 aromatic carbocycles. The van der Waals surface area contributed by atoms with Gasteiger partial charge in [-0.15, -0.1) is 0 Å². The Labute approximate surface area is 162 Å². The average Bonchev–Trinajstić information content (AvgIpc) is 2.76. The minimum absolute atomic E-state index is 0.657. The lowest BCUT2D eigenvalue weighted by Crippen LogP contribution is -2.20. The number of ether oxygens (including phenoxy) is 2. The molecule has 0 aliphatic heterocycles. The summed E-state index contributed by atoms with van der Waals surface area (Å²) in [5.41, 5.74) is 3.37. The van der Waals surface area contributed by atoms with Crippen LogP contribution in [0.25, 0.3) is 5.52 Å². The minimum Gasteiger partial charge on any atom is -0.497 e. The number of fused-ring (bicyclic) bond motifs is 1. The molecule has 0 amide bonds. The summed E-state index contributed by atoms with van der Waals surface area (Å²) in [6.45, 7) is 0. The average molecular weight is 372 g/mol. The maximum absolute atomic E-state index is 5.23. The topological polar surface area (TPSA) is 60.1 Å². The highest BCUT2D eigenvalue weighted by Crippen LogP contribution is 2.19. The van der Waals surface area contributed by atoms with Gasteiger partial charge in [-0.05, 0) is 60.7 Å². The molecule has 0 unspecified atom stereocenters. The van der Waals surface area contributed by atoms with Gasteiger partial charge in [0.25, 0.3) is 0 Å². The fourth-order valence-electron chi connectivity index (χ4n) is 2.84. The zero-order valence-corrected chi connectivity index (χ0v) is 15.7. The van der Waals surface area contributed by atoms with Crippen molar-refractivity contribution in [2.45, 2.75) is 0 Å². The monoisotopic (exact) mass is 372 g/mol. The summed E-state index contributed by atoms with van der Waals surface area (Å²) in [5.74, 6) is 2.25. The fraction of sp³-hybridized carbons (Fsp3) is 0.0909. The molecule has 2 heterocycles. The molecule has 4 rings (SSSR count). The van der Waals surface area contributed by atoms with Crippen LogP contribution in [0.2, 0.25) is 0 Å². The lowest BCUT2D eigenvalue weighted by Gasteiger charge is -2.10. The maximum atomic E-state index is 5.23. The third-order valence-electron chi connectivity index (χ3n) is 4.32. The molecule has 140 valence electrons. The number of aromatic nitrogens is 2. The largest absolute Gasteiger partial charge is 0.497 e. The van der Waals surface area contributed by atoms with E-state index in [-0.39, 0.29) is 0 Å². The van der Waals surface area contributed by atoms with E-state index in [1.807, 2.05) is 83.5 Å². The van der Waals surface area contributed by atoms with E-state index in [9.17, 15) is 0 Å². The third kappa shape index (κ3) is 3.66. The molecule has 0 saturated heterocycles. The molecule has 0 atom stereocenters. The first kappa shape index (κ1) is 17.6. The molecule has 2 aromatic heterocycles. The Bertz CT molecular complexity index is 1150. The number of hydrogen-bond acceptors (Lipinski definition) is 5. The van der Waals surface area contributed by atoms with Crippen LogP contribution in [0, 0.1) is 0 Å². The number of methoxy groups -OCH3 is 2. The molecule has 6 nitrogen and oxygen atoms in total. The Morgan fingerprint density at radius 3 is 2.21 bits per heavy atom. The van der Waals surface area contributed by atoms with Crippen LogP contribution in [0.3, 0.4) is 0 Å². The van der Waals surface area contributed by atoms with E-state index in [0.29, 0.717) is 11.3 Å². The van der Waals surface area contributed by atoms with Crippen molar-refractivity contribution in [1.29, 1.82) is 0 Å². The van der Waals surface area contributed by atoms with Crippen LogP contribution in [-0.4, -0.2) is 23.6 Å². The Morgan fingerprint density at radius 2 is 1.54 bits per heavy atom. The number of hydrogen-bond donors (Lipinski definition) is 1. The van der Waals surface area contributed by atoms with Crippen molar-refractivity contribution in [2.75, 3.05) is 19.5 Å². The molecular formula is C22H20N4O2. The van der Waals surface area contributed by atoms with E-state index in [0.717, 1.165) is 28.4 Å². The maximum Gasteiger partial charge on any atom is 0.181 e. The SMILES string of the molecule is COc1ccc(N=c2c(Nc3ccc(OC)cc3)ncc3ccccn23)cc1. The minimum atomic E-state index is 0.657. The number of rotatable bonds is 5. The Morgan fingerprint density at radius 1 is 0.857 bits per heavy atom. The first-order chi connectivity index (χ1) is 13.8. The zero-order chi connectivity index (χ0) is 19.3. The summed E-state index contributed by atoms with van der Waals surface area (Å²) in [7, 11) is 3.29. The summed E-state index contributed by atoms with van der Waals surface area (Å²) < 4.78 is 12.5. The molecule has 28 heavy (non-hydrogen) atoms. The summed E-state index contributed by atoms with van der Waals surface area (Å²) in [6, 6.07) is 21.2. The van der Waals surface area contributed by atoms with Crippen LogP contribution in [0.4, 0.5) is 17.2 Å². The highest BCUT2D eigenvalue weighted by molar-refractivity contribution is 5.59. The predicted octanol–water partition coefficient (Wildman–Crippen LogP) is 4.33. The molecule has 0 fully saturated rings. The molecule has 0 bridgehead atoms. The molecule has 1 N–H and O–H groups in total. The molecule has 0 saturated carbocycles. The van der Waals surface area contributed by atoms with Crippen molar-refractivity contribution in [3.05, 3.63) is 84.6 Å². The molecule has 0 aliphatic carbocycles. The molecular weight excluding hydrogens is 352 g/mol. The second kappa shape index (κ2) is 7.84. The van der Waals surface area contributed by atoms with Gasteiger partial charge in [0.2, 0.25) is 0 Å². The molecule has 0 spiro atoms. The summed E-state index contributed by atoms with van der Waals surface area (Å²) in [5, 5.41) is 3.35. The smallest absolute Gasteiger partial charge is 0.181 e. The van der Waals surface area contributed by atoms with Gasteiger partial charge in [-0.2, -0.15) is 0 Å². The van der Waals surface area contributed by atoms with Gasteiger partial charge in [0.05, 0.1) is 31.6 Å². The van der Waals surface area contributed by atoms with Crippen LogP contribution >= 0.6 is 0 Å². The van der Waals surface area contributed by atoms with Crippen molar-refractivity contribution < 1.29 is 9.47 Å². The van der Waals surface area contributed by atoms with E-state index >= 15 is 0 Å². The Hall–Kier alpha value is -3.80. The van der Waals surface area contributed by atoms with Gasteiger partial charge in [-0.1, -0.05) is 6.07 Å². The number of anilines is 2. The number of nitrogens with one attached hydrogen (secondary N) is 1. The second-order valence-corrected chi connectivity index (χ2v) is 6.09. The lowest BCUT2D eigenvalue weighted by molar-refractivity contribution is 0.415. The number of pyridine rings is 1. The normalized spacial score (nSPS) is 11.4. The Balaban J connectivity index is 1.83. The highest BCUT2D eigenvalue weighted by Gasteiger charge is 2.05. The van der Waals surface area contributed by atoms with Gasteiger partial charge in [0, 0.05) is 11.9 Å². The van der Waals surface area contributed by atoms with Crippen molar-refractivity contribution >= 4 is 22.7 Å². The van der Waals surface area contributed by atoms with Crippen molar-refractivity contribution in [1.82, 2.24) is 9.38 Å². The van der Waals surface area contributed by atoms with Crippen molar-refractivity contribution in [3.8, 4) is 11.5 Å². The second-order valence-electron chi connectivity index (χ2n) is 6.09. The molecule has 0 radical (unpaired) electrons. The van der Waals surface area contributed by atoms with Crippen molar-refractivity contribution in [2.24, 2.45) is 4.99 Å². The quantitative estimate of drug-likeness (QED) is 0.567. The summed E-state index contributed by atoms with van der Waals surface area (Å²) >= 11 is 0. The van der Waals surface area contributed by atoms with Crippen LogP contribution < -0.4 is 20.3 Å². The Kier molecular flexibility index (Phi) is 4.93.